The van der Waals surface area contributed by atoms with Crippen LogP contribution >= 0.6 is 23.2 Å². The fourth-order valence-corrected chi connectivity index (χ4v) is 1.71. The Morgan fingerprint density at radius 3 is 2.21 bits per heavy atom. The molecule has 94 valence electrons. The fraction of sp³-hybridized carbons (Fsp3) is 0. The predicted molar refractivity (Wildman–Crippen MR) is 78.5 cm³/mol. The quantitative estimate of drug-likeness (QED) is 0.327. The molecule has 19 heavy (non-hydrogen) atoms. The van der Waals surface area contributed by atoms with Crippen LogP contribution in [0.2, 0.25) is 5.02 Å². The summed E-state index contributed by atoms with van der Waals surface area (Å²) in [4.78, 5) is 12.6. The van der Waals surface area contributed by atoms with Crippen molar-refractivity contribution >= 4 is 34.3 Å². The minimum absolute atomic E-state index is 0.629. The maximum atomic E-state index is 11.4. The predicted octanol–water partition coefficient (Wildman–Crippen LogP) is 4.51. The molecule has 0 saturated carbocycles. The van der Waals surface area contributed by atoms with Crippen molar-refractivity contribution in [3.63, 3.8) is 0 Å². The second-order valence-corrected chi connectivity index (χ2v) is 4.43. The van der Waals surface area contributed by atoms with Crippen LogP contribution in [0.5, 0.6) is 0 Å². The summed E-state index contributed by atoms with van der Waals surface area (Å²) in [5.74, 6) is 2.86. The molecular formula is C15H9Cl2NO. The molecule has 2 aromatic rings. The molecule has 0 atom stereocenters. The number of carbonyl (C=O) groups excluding carboxylic acids is 1. The Morgan fingerprint density at radius 1 is 1.00 bits per heavy atom. The van der Waals surface area contributed by atoms with Gasteiger partial charge in [0.25, 0.3) is 0 Å². The average Bonchev–Trinajstić information content (AvgIpc) is 2.42. The van der Waals surface area contributed by atoms with Crippen molar-refractivity contribution in [2.24, 2.45) is 0 Å². The molecular weight excluding hydrogens is 281 g/mol. The van der Waals surface area contributed by atoms with Gasteiger partial charge in [-0.1, -0.05) is 29.8 Å². The zero-order valence-corrected chi connectivity index (χ0v) is 11.3. The molecule has 0 N–H and O–H groups in total. The Bertz CT molecular complexity index is 627. The van der Waals surface area contributed by atoms with Crippen molar-refractivity contribution < 1.29 is 4.79 Å². The van der Waals surface area contributed by atoms with Crippen LogP contribution in [-0.4, -0.2) is 5.37 Å². The van der Waals surface area contributed by atoms with Gasteiger partial charge in [-0.05, 0) is 53.9 Å². The SMILES string of the molecule is O=C(Cl)N(C#Cc1ccc(Cl)cc1)c1ccccc1. The lowest BCUT2D eigenvalue weighted by molar-refractivity contribution is 0.266. The molecule has 0 heterocycles. The van der Waals surface area contributed by atoms with Gasteiger partial charge in [-0.25, -0.2) is 4.90 Å². The van der Waals surface area contributed by atoms with Gasteiger partial charge in [0.1, 0.15) is 0 Å². The first-order chi connectivity index (χ1) is 9.16. The molecule has 2 nitrogen and oxygen atoms in total. The van der Waals surface area contributed by atoms with E-state index in [1.165, 1.54) is 4.90 Å². The molecule has 0 aliphatic heterocycles. The van der Waals surface area contributed by atoms with Gasteiger partial charge < -0.3 is 0 Å². The Kier molecular flexibility index (Phi) is 4.46. The maximum absolute atomic E-state index is 11.4. The summed E-state index contributed by atoms with van der Waals surface area (Å²) in [5, 5.41) is -0.00783. The van der Waals surface area contributed by atoms with Gasteiger partial charge in [0.05, 0.1) is 5.69 Å². The Labute approximate surface area is 121 Å². The number of amides is 1. The van der Waals surface area contributed by atoms with E-state index in [0.29, 0.717) is 10.7 Å². The fourth-order valence-electron chi connectivity index (χ4n) is 1.44. The molecule has 0 aliphatic carbocycles. The van der Waals surface area contributed by atoms with Gasteiger partial charge >= 0.3 is 5.37 Å². The second-order valence-electron chi connectivity index (χ2n) is 3.67. The molecule has 0 fully saturated rings. The number of halogens is 2. The van der Waals surface area contributed by atoms with Crippen LogP contribution in [0.4, 0.5) is 10.5 Å². The van der Waals surface area contributed by atoms with Gasteiger partial charge in [0, 0.05) is 16.6 Å². The van der Waals surface area contributed by atoms with Crippen molar-refractivity contribution in [2.75, 3.05) is 4.90 Å². The number of nitrogens with zero attached hydrogens (tertiary/aromatic N) is 1. The van der Waals surface area contributed by atoms with E-state index >= 15 is 0 Å². The summed E-state index contributed by atoms with van der Waals surface area (Å²) in [5.41, 5.74) is 1.38. The Balaban J connectivity index is 2.28. The summed E-state index contributed by atoms with van der Waals surface area (Å²) in [6.07, 6.45) is 0. The third-order valence-electron chi connectivity index (χ3n) is 2.35. The maximum Gasteiger partial charge on any atom is 0.332 e. The highest BCUT2D eigenvalue weighted by atomic mass is 35.5. The van der Waals surface area contributed by atoms with Crippen LogP contribution in [0.25, 0.3) is 0 Å². The third-order valence-corrected chi connectivity index (χ3v) is 2.77. The van der Waals surface area contributed by atoms with E-state index in [1.807, 2.05) is 18.2 Å². The van der Waals surface area contributed by atoms with E-state index in [-0.39, 0.29) is 0 Å². The Morgan fingerprint density at radius 2 is 1.63 bits per heavy atom. The Hall–Kier alpha value is -1.95. The van der Waals surface area contributed by atoms with Crippen LogP contribution in [0, 0.1) is 12.0 Å². The molecule has 0 radical (unpaired) electrons. The number of anilines is 1. The second kappa shape index (κ2) is 6.29. The van der Waals surface area contributed by atoms with E-state index in [2.05, 4.69) is 12.0 Å². The highest BCUT2D eigenvalue weighted by Crippen LogP contribution is 2.14. The summed E-state index contributed by atoms with van der Waals surface area (Å²) in [6, 6.07) is 18.8. The van der Waals surface area contributed by atoms with Crippen molar-refractivity contribution in [1.82, 2.24) is 0 Å². The van der Waals surface area contributed by atoms with E-state index in [1.54, 1.807) is 36.4 Å². The number of carbonyl (C=O) groups is 1. The zero-order chi connectivity index (χ0) is 13.7. The van der Waals surface area contributed by atoms with Crippen LogP contribution in [0.3, 0.4) is 0 Å². The van der Waals surface area contributed by atoms with E-state index in [9.17, 15) is 4.79 Å². The largest absolute Gasteiger partial charge is 0.332 e. The standard InChI is InChI=1S/C15H9Cl2NO/c16-13-8-6-12(7-9-13)10-11-18(15(17)19)14-4-2-1-3-5-14/h1-9H. The summed E-state index contributed by atoms with van der Waals surface area (Å²) >= 11 is 11.3. The minimum Gasteiger partial charge on any atom is -0.254 e. The molecule has 0 saturated heterocycles. The highest BCUT2D eigenvalue weighted by molar-refractivity contribution is 6.66. The van der Waals surface area contributed by atoms with Gasteiger partial charge in [-0.2, -0.15) is 0 Å². The molecule has 0 spiro atoms. The normalized spacial score (nSPS) is 9.37. The number of benzene rings is 2. The van der Waals surface area contributed by atoms with Gasteiger partial charge in [0.2, 0.25) is 0 Å². The van der Waals surface area contributed by atoms with Gasteiger partial charge in [0.15, 0.2) is 0 Å². The van der Waals surface area contributed by atoms with Crippen molar-refractivity contribution in [1.29, 1.82) is 0 Å². The third kappa shape index (κ3) is 3.75. The lowest BCUT2D eigenvalue weighted by Crippen LogP contribution is -2.19. The number of rotatable bonds is 1. The molecule has 0 bridgehead atoms. The molecule has 2 rings (SSSR count). The van der Waals surface area contributed by atoms with E-state index < -0.39 is 5.37 Å². The first kappa shape index (κ1) is 13.5. The minimum atomic E-state index is -0.646. The molecule has 2 aromatic carbocycles. The van der Waals surface area contributed by atoms with Crippen LogP contribution < -0.4 is 4.90 Å². The van der Waals surface area contributed by atoms with E-state index in [4.69, 9.17) is 23.2 Å². The molecule has 0 aromatic heterocycles. The van der Waals surface area contributed by atoms with Gasteiger partial charge in [-0.3, -0.25) is 4.79 Å². The number of hydrogen-bond acceptors (Lipinski definition) is 1. The zero-order valence-electron chi connectivity index (χ0n) is 9.81. The van der Waals surface area contributed by atoms with Crippen molar-refractivity contribution in [3.05, 3.63) is 65.2 Å². The molecule has 4 heteroatoms. The van der Waals surface area contributed by atoms with E-state index in [0.717, 1.165) is 5.56 Å². The first-order valence-electron chi connectivity index (χ1n) is 5.48. The van der Waals surface area contributed by atoms with Crippen LogP contribution in [0.1, 0.15) is 5.56 Å². The average molecular weight is 290 g/mol. The number of hydrogen-bond donors (Lipinski definition) is 0. The summed E-state index contributed by atoms with van der Waals surface area (Å²) in [6.45, 7) is 0. The smallest absolute Gasteiger partial charge is 0.254 e. The highest BCUT2D eigenvalue weighted by Gasteiger charge is 2.09. The molecule has 0 unspecified atom stereocenters. The van der Waals surface area contributed by atoms with Crippen molar-refractivity contribution in [3.8, 4) is 12.0 Å². The number of para-hydroxylation sites is 1. The monoisotopic (exact) mass is 289 g/mol. The lowest BCUT2D eigenvalue weighted by Gasteiger charge is -2.10. The van der Waals surface area contributed by atoms with Crippen molar-refractivity contribution in [2.45, 2.75) is 0 Å². The topological polar surface area (TPSA) is 20.3 Å². The van der Waals surface area contributed by atoms with Crippen LogP contribution in [-0.2, 0) is 0 Å². The summed E-state index contributed by atoms with van der Waals surface area (Å²) in [7, 11) is 0. The van der Waals surface area contributed by atoms with Crippen LogP contribution in [0.15, 0.2) is 54.6 Å². The molecule has 1 amide bonds. The summed E-state index contributed by atoms with van der Waals surface area (Å²) < 4.78 is 0. The van der Waals surface area contributed by atoms with Gasteiger partial charge in [-0.15, -0.1) is 0 Å². The lowest BCUT2D eigenvalue weighted by atomic mass is 10.2. The molecule has 0 aliphatic rings. The first-order valence-corrected chi connectivity index (χ1v) is 6.24.